The number of aliphatic hydroxyl groups is 1. The maximum absolute atomic E-state index is 10.5. The molecule has 1 fully saturated rings. The number of halogens is 1. The van der Waals surface area contributed by atoms with E-state index in [1.807, 2.05) is 25.8 Å². The summed E-state index contributed by atoms with van der Waals surface area (Å²) in [4.78, 5) is 11.1. The normalized spacial score (nSPS) is 17.5. The van der Waals surface area contributed by atoms with Crippen molar-refractivity contribution < 1.29 is 9.84 Å². The molecule has 132 valence electrons. The molecule has 0 radical (unpaired) electrons. The second-order valence-electron chi connectivity index (χ2n) is 5.72. The molecule has 0 atom stereocenters. The van der Waals surface area contributed by atoms with Crippen LogP contribution < -0.4 is 5.32 Å². The first-order valence-electron chi connectivity index (χ1n) is 7.73. The molecule has 1 aliphatic heterocycles. The highest BCUT2D eigenvalue weighted by atomic mass is 127. The van der Waals surface area contributed by atoms with Gasteiger partial charge in [-0.15, -0.1) is 35.3 Å². The van der Waals surface area contributed by atoms with Gasteiger partial charge in [0.15, 0.2) is 5.96 Å². The molecule has 1 aliphatic rings. The standard InChI is InChI=1S/C15H26N4O2S.HI/c1-4-16-14(17-11-15(20)5-7-21-8-6-15)19(3)9-13-10-22-12(2)18-13;/h10,20H,4-9,11H2,1-3H3,(H,16,17);1H. The lowest BCUT2D eigenvalue weighted by molar-refractivity contribution is -0.0566. The van der Waals surface area contributed by atoms with E-state index < -0.39 is 5.60 Å². The summed E-state index contributed by atoms with van der Waals surface area (Å²) in [6.45, 7) is 7.16. The first-order chi connectivity index (χ1) is 10.5. The summed E-state index contributed by atoms with van der Waals surface area (Å²) in [5.41, 5.74) is 0.303. The number of ether oxygens (including phenoxy) is 1. The Labute approximate surface area is 159 Å². The van der Waals surface area contributed by atoms with E-state index in [-0.39, 0.29) is 24.0 Å². The topological polar surface area (TPSA) is 70.0 Å². The van der Waals surface area contributed by atoms with Gasteiger partial charge in [-0.2, -0.15) is 0 Å². The van der Waals surface area contributed by atoms with Crippen LogP contribution in [0.5, 0.6) is 0 Å². The monoisotopic (exact) mass is 454 g/mol. The van der Waals surface area contributed by atoms with E-state index in [0.29, 0.717) is 39.1 Å². The smallest absolute Gasteiger partial charge is 0.194 e. The van der Waals surface area contributed by atoms with Gasteiger partial charge in [0, 0.05) is 45.0 Å². The third-order valence-electron chi connectivity index (χ3n) is 3.71. The first-order valence-corrected chi connectivity index (χ1v) is 8.61. The number of guanidine groups is 1. The molecule has 1 saturated heterocycles. The van der Waals surface area contributed by atoms with Crippen molar-refractivity contribution in [2.45, 2.75) is 38.8 Å². The van der Waals surface area contributed by atoms with Crippen molar-refractivity contribution in [3.05, 3.63) is 16.1 Å². The summed E-state index contributed by atoms with van der Waals surface area (Å²) in [5.74, 6) is 0.799. The van der Waals surface area contributed by atoms with Crippen molar-refractivity contribution in [3.63, 3.8) is 0 Å². The lowest BCUT2D eigenvalue weighted by Crippen LogP contribution is -2.43. The first kappa shape index (κ1) is 20.6. The minimum Gasteiger partial charge on any atom is -0.388 e. The van der Waals surface area contributed by atoms with Gasteiger partial charge in [0.25, 0.3) is 0 Å². The second kappa shape index (κ2) is 9.75. The molecule has 0 aliphatic carbocycles. The van der Waals surface area contributed by atoms with E-state index in [2.05, 4.69) is 20.7 Å². The number of hydrogen-bond acceptors (Lipinski definition) is 5. The van der Waals surface area contributed by atoms with Crippen LogP contribution >= 0.6 is 35.3 Å². The molecule has 1 aromatic rings. The molecule has 8 heteroatoms. The predicted octanol–water partition coefficient (Wildman–Crippen LogP) is 2.01. The SMILES string of the molecule is CCNC(=NCC1(O)CCOCC1)N(C)Cc1csc(C)n1.I. The number of nitrogens with zero attached hydrogens (tertiary/aromatic N) is 3. The van der Waals surface area contributed by atoms with Crippen LogP contribution in [0.15, 0.2) is 10.4 Å². The summed E-state index contributed by atoms with van der Waals surface area (Å²) in [5, 5.41) is 16.9. The molecule has 0 aromatic carbocycles. The lowest BCUT2D eigenvalue weighted by Gasteiger charge is -2.31. The Morgan fingerprint density at radius 2 is 2.22 bits per heavy atom. The van der Waals surface area contributed by atoms with Gasteiger partial charge in [0.1, 0.15) is 0 Å². The van der Waals surface area contributed by atoms with Crippen molar-refractivity contribution in [1.82, 2.24) is 15.2 Å². The van der Waals surface area contributed by atoms with Gasteiger partial charge >= 0.3 is 0 Å². The Hall–Kier alpha value is -0.450. The van der Waals surface area contributed by atoms with Crippen LogP contribution in [0.3, 0.4) is 0 Å². The molecule has 2 rings (SSSR count). The Kier molecular flexibility index (Phi) is 8.73. The molecule has 0 amide bonds. The third-order valence-corrected chi connectivity index (χ3v) is 4.53. The van der Waals surface area contributed by atoms with E-state index in [4.69, 9.17) is 4.74 Å². The highest BCUT2D eigenvalue weighted by molar-refractivity contribution is 14.0. The molecule has 0 saturated carbocycles. The number of hydrogen-bond donors (Lipinski definition) is 2. The van der Waals surface area contributed by atoms with Gasteiger partial charge in [-0.25, -0.2) is 4.98 Å². The summed E-state index contributed by atoms with van der Waals surface area (Å²) in [7, 11) is 1.99. The Morgan fingerprint density at radius 1 is 1.52 bits per heavy atom. The molecule has 23 heavy (non-hydrogen) atoms. The number of thiazole rings is 1. The number of aromatic nitrogens is 1. The average Bonchev–Trinajstić information content (AvgIpc) is 2.89. The Morgan fingerprint density at radius 3 is 2.78 bits per heavy atom. The summed E-state index contributed by atoms with van der Waals surface area (Å²) >= 11 is 1.65. The summed E-state index contributed by atoms with van der Waals surface area (Å²) in [6, 6.07) is 0. The minimum absolute atomic E-state index is 0. The van der Waals surface area contributed by atoms with E-state index in [9.17, 15) is 5.11 Å². The lowest BCUT2D eigenvalue weighted by atomic mass is 9.95. The number of aryl methyl sites for hydroxylation is 1. The predicted molar refractivity (Wildman–Crippen MR) is 105 cm³/mol. The van der Waals surface area contributed by atoms with E-state index in [1.54, 1.807) is 11.3 Å². The molecular weight excluding hydrogens is 427 g/mol. The van der Waals surface area contributed by atoms with E-state index in [1.165, 1.54) is 0 Å². The minimum atomic E-state index is -0.739. The fourth-order valence-corrected chi connectivity index (χ4v) is 3.00. The van der Waals surface area contributed by atoms with Crippen molar-refractivity contribution in [1.29, 1.82) is 0 Å². The van der Waals surface area contributed by atoms with Crippen molar-refractivity contribution in [2.75, 3.05) is 33.4 Å². The Bertz CT molecular complexity index is 503. The number of rotatable bonds is 5. The molecule has 2 heterocycles. The maximum atomic E-state index is 10.5. The van der Waals surface area contributed by atoms with Crippen LogP contribution in [0, 0.1) is 6.92 Å². The molecule has 1 aromatic heterocycles. The van der Waals surface area contributed by atoms with Gasteiger partial charge in [0.2, 0.25) is 0 Å². The molecular formula is C15H27IN4O2S. The molecule has 6 nitrogen and oxygen atoms in total. The quantitative estimate of drug-likeness (QED) is 0.405. The maximum Gasteiger partial charge on any atom is 0.194 e. The fourth-order valence-electron chi connectivity index (χ4n) is 2.40. The number of aliphatic imine (C=N–C) groups is 1. The zero-order valence-electron chi connectivity index (χ0n) is 14.0. The van der Waals surface area contributed by atoms with Crippen LogP contribution in [0.2, 0.25) is 0 Å². The zero-order chi connectivity index (χ0) is 16.0. The van der Waals surface area contributed by atoms with Gasteiger partial charge in [-0.1, -0.05) is 0 Å². The van der Waals surface area contributed by atoms with Crippen molar-refractivity contribution in [3.8, 4) is 0 Å². The zero-order valence-corrected chi connectivity index (χ0v) is 17.2. The average molecular weight is 454 g/mol. The van der Waals surface area contributed by atoms with Gasteiger partial charge < -0.3 is 20.1 Å². The molecule has 2 N–H and O–H groups in total. The van der Waals surface area contributed by atoms with Crippen molar-refractivity contribution in [2.24, 2.45) is 4.99 Å². The largest absolute Gasteiger partial charge is 0.388 e. The second-order valence-corrected chi connectivity index (χ2v) is 6.78. The Balaban J connectivity index is 0.00000264. The summed E-state index contributed by atoms with van der Waals surface area (Å²) in [6.07, 6.45) is 1.29. The van der Waals surface area contributed by atoms with Crippen molar-refractivity contribution >= 4 is 41.3 Å². The highest BCUT2D eigenvalue weighted by Crippen LogP contribution is 2.20. The number of nitrogens with one attached hydrogen (secondary N) is 1. The fraction of sp³-hybridized carbons (Fsp3) is 0.733. The van der Waals surface area contributed by atoms with Gasteiger partial charge in [0.05, 0.1) is 29.4 Å². The van der Waals surface area contributed by atoms with Crippen LogP contribution in [0.25, 0.3) is 0 Å². The molecule has 0 bridgehead atoms. The van der Waals surface area contributed by atoms with Gasteiger partial charge in [-0.05, 0) is 13.8 Å². The highest BCUT2D eigenvalue weighted by Gasteiger charge is 2.29. The van der Waals surface area contributed by atoms with Crippen LogP contribution in [0.1, 0.15) is 30.5 Å². The van der Waals surface area contributed by atoms with E-state index >= 15 is 0 Å². The van der Waals surface area contributed by atoms with Gasteiger partial charge in [-0.3, -0.25) is 4.99 Å². The van der Waals surface area contributed by atoms with E-state index in [0.717, 1.165) is 23.2 Å². The molecule has 0 spiro atoms. The molecule has 0 unspecified atom stereocenters. The van der Waals surface area contributed by atoms with Crippen LogP contribution in [-0.2, 0) is 11.3 Å². The summed E-state index contributed by atoms with van der Waals surface area (Å²) < 4.78 is 5.31. The third kappa shape index (κ3) is 6.52. The van der Waals surface area contributed by atoms with Crippen LogP contribution in [0.4, 0.5) is 0 Å². The van der Waals surface area contributed by atoms with Crippen LogP contribution in [-0.4, -0.2) is 59.9 Å².